The standard InChI is InChI=1S/C19H23N3O4/c1-14-4-6-16(7-5-14)26-13-15-3-2-10-21(11-15)19(25)12-22-18(24)9-8-17(23)20-22/h4-9,15H,2-3,10-13H2,1H3,(H,20,23)/t15-/m0/s1. The van der Waals surface area contributed by atoms with Gasteiger partial charge in [0.1, 0.15) is 12.3 Å². The van der Waals surface area contributed by atoms with Crippen molar-refractivity contribution in [3.8, 4) is 5.75 Å². The number of carbonyl (C=O) groups excluding carboxylic acids is 1. The van der Waals surface area contributed by atoms with Crippen LogP contribution in [-0.4, -0.2) is 40.3 Å². The zero-order chi connectivity index (χ0) is 18.5. The quantitative estimate of drug-likeness (QED) is 0.870. The maximum absolute atomic E-state index is 12.5. The number of ether oxygens (including phenoxy) is 1. The van der Waals surface area contributed by atoms with Crippen molar-refractivity contribution in [1.82, 2.24) is 14.7 Å². The molecule has 1 aromatic heterocycles. The lowest BCUT2D eigenvalue weighted by atomic mass is 9.99. The molecule has 1 amide bonds. The summed E-state index contributed by atoms with van der Waals surface area (Å²) in [5.41, 5.74) is 0.385. The van der Waals surface area contributed by atoms with Crippen LogP contribution in [0.15, 0.2) is 46.0 Å². The van der Waals surface area contributed by atoms with Crippen molar-refractivity contribution in [3.63, 3.8) is 0 Å². The number of aromatic amines is 1. The maximum atomic E-state index is 12.5. The van der Waals surface area contributed by atoms with Gasteiger partial charge >= 0.3 is 0 Å². The van der Waals surface area contributed by atoms with Crippen LogP contribution in [0, 0.1) is 12.8 Å². The molecule has 1 aliphatic rings. The Morgan fingerprint density at radius 2 is 1.96 bits per heavy atom. The SMILES string of the molecule is Cc1ccc(OC[C@H]2CCCN(C(=O)Cn3[nH]c(=O)ccc3=O)C2)cc1. The molecule has 1 atom stereocenters. The summed E-state index contributed by atoms with van der Waals surface area (Å²) in [5.74, 6) is 0.905. The smallest absolute Gasteiger partial charge is 0.265 e. The Morgan fingerprint density at radius 1 is 1.19 bits per heavy atom. The maximum Gasteiger partial charge on any atom is 0.265 e. The van der Waals surface area contributed by atoms with Crippen LogP contribution in [0.5, 0.6) is 5.75 Å². The minimum atomic E-state index is -0.402. The molecule has 3 rings (SSSR count). The van der Waals surface area contributed by atoms with Crippen molar-refractivity contribution in [2.24, 2.45) is 5.92 Å². The molecule has 1 aliphatic heterocycles. The monoisotopic (exact) mass is 357 g/mol. The largest absolute Gasteiger partial charge is 0.493 e. The highest BCUT2D eigenvalue weighted by molar-refractivity contribution is 5.76. The number of aromatic nitrogens is 2. The second kappa shape index (κ2) is 8.03. The van der Waals surface area contributed by atoms with E-state index < -0.39 is 11.1 Å². The molecule has 0 unspecified atom stereocenters. The Kier molecular flexibility index (Phi) is 5.55. The van der Waals surface area contributed by atoms with Crippen molar-refractivity contribution in [3.05, 3.63) is 62.7 Å². The van der Waals surface area contributed by atoms with Gasteiger partial charge in [0.15, 0.2) is 0 Å². The molecule has 7 heteroatoms. The van der Waals surface area contributed by atoms with E-state index in [1.165, 1.54) is 11.6 Å². The molecule has 1 aromatic carbocycles. The molecule has 1 fully saturated rings. The topological polar surface area (TPSA) is 84.4 Å². The number of amides is 1. The molecule has 0 spiro atoms. The van der Waals surface area contributed by atoms with Gasteiger partial charge in [-0.05, 0) is 31.9 Å². The first-order valence-electron chi connectivity index (χ1n) is 8.79. The predicted molar refractivity (Wildman–Crippen MR) is 97.3 cm³/mol. The zero-order valence-corrected chi connectivity index (χ0v) is 14.8. The third-order valence-corrected chi connectivity index (χ3v) is 4.56. The van der Waals surface area contributed by atoms with Crippen molar-refractivity contribution in [1.29, 1.82) is 0 Å². The van der Waals surface area contributed by atoms with Crippen LogP contribution in [0.25, 0.3) is 0 Å². The van der Waals surface area contributed by atoms with Gasteiger partial charge in [0.25, 0.3) is 11.1 Å². The van der Waals surface area contributed by atoms with Gasteiger partial charge in [-0.15, -0.1) is 0 Å². The van der Waals surface area contributed by atoms with Crippen LogP contribution in [0.4, 0.5) is 0 Å². The summed E-state index contributed by atoms with van der Waals surface area (Å²) >= 11 is 0. The number of H-pyrrole nitrogens is 1. The second-order valence-electron chi connectivity index (χ2n) is 6.71. The van der Waals surface area contributed by atoms with Crippen molar-refractivity contribution in [2.75, 3.05) is 19.7 Å². The first kappa shape index (κ1) is 18.0. The number of carbonyl (C=O) groups is 1. The summed E-state index contributed by atoms with van der Waals surface area (Å²) in [7, 11) is 0. The Balaban J connectivity index is 1.56. The highest BCUT2D eigenvalue weighted by Crippen LogP contribution is 2.19. The van der Waals surface area contributed by atoms with Crippen molar-refractivity contribution < 1.29 is 9.53 Å². The van der Waals surface area contributed by atoms with Gasteiger partial charge in [-0.2, -0.15) is 0 Å². The minimum absolute atomic E-state index is 0.152. The summed E-state index contributed by atoms with van der Waals surface area (Å²) in [6.07, 6.45) is 1.89. The number of hydrogen-bond acceptors (Lipinski definition) is 4. The van der Waals surface area contributed by atoms with E-state index in [0.717, 1.165) is 29.3 Å². The Morgan fingerprint density at radius 3 is 2.73 bits per heavy atom. The summed E-state index contributed by atoms with van der Waals surface area (Å²) < 4.78 is 6.89. The second-order valence-corrected chi connectivity index (χ2v) is 6.71. The van der Waals surface area contributed by atoms with Gasteiger partial charge in [0, 0.05) is 31.1 Å². The number of aryl methyl sites for hydroxylation is 1. The summed E-state index contributed by atoms with van der Waals surface area (Å²) in [5, 5.41) is 2.38. The molecule has 138 valence electrons. The lowest BCUT2D eigenvalue weighted by Gasteiger charge is -2.32. The van der Waals surface area contributed by atoms with E-state index in [9.17, 15) is 14.4 Å². The van der Waals surface area contributed by atoms with Crippen LogP contribution < -0.4 is 15.9 Å². The Bertz CT molecular complexity index is 869. The summed E-state index contributed by atoms with van der Waals surface area (Å²) in [6.45, 7) is 3.68. The summed E-state index contributed by atoms with van der Waals surface area (Å²) in [4.78, 5) is 37.3. The van der Waals surface area contributed by atoms with Crippen LogP contribution in [0.1, 0.15) is 18.4 Å². The van der Waals surface area contributed by atoms with E-state index in [1.54, 1.807) is 4.90 Å². The van der Waals surface area contributed by atoms with E-state index in [0.29, 0.717) is 19.7 Å². The predicted octanol–water partition coefficient (Wildman–Crippen LogP) is 1.16. The van der Waals surface area contributed by atoms with Crippen LogP contribution in [0.2, 0.25) is 0 Å². The molecule has 0 radical (unpaired) electrons. The number of nitrogens with zero attached hydrogens (tertiary/aromatic N) is 2. The molecule has 0 bridgehead atoms. The van der Waals surface area contributed by atoms with Gasteiger partial charge in [-0.3, -0.25) is 19.5 Å². The van der Waals surface area contributed by atoms with E-state index in [1.807, 2.05) is 31.2 Å². The van der Waals surface area contributed by atoms with Crippen LogP contribution >= 0.6 is 0 Å². The number of nitrogens with one attached hydrogen (secondary N) is 1. The third kappa shape index (κ3) is 4.62. The van der Waals surface area contributed by atoms with Gasteiger partial charge in [-0.1, -0.05) is 17.7 Å². The average Bonchev–Trinajstić information content (AvgIpc) is 2.64. The fourth-order valence-electron chi connectivity index (χ4n) is 3.09. The molecule has 2 heterocycles. The molecule has 0 aliphatic carbocycles. The molecular weight excluding hydrogens is 334 g/mol. The zero-order valence-electron chi connectivity index (χ0n) is 14.8. The number of piperidine rings is 1. The molecule has 2 aromatic rings. The highest BCUT2D eigenvalue weighted by Gasteiger charge is 2.24. The number of benzene rings is 1. The number of hydrogen-bond donors (Lipinski definition) is 1. The van der Waals surface area contributed by atoms with Crippen LogP contribution in [-0.2, 0) is 11.3 Å². The fourth-order valence-corrected chi connectivity index (χ4v) is 3.09. The molecule has 0 saturated carbocycles. The van der Waals surface area contributed by atoms with Crippen molar-refractivity contribution in [2.45, 2.75) is 26.3 Å². The van der Waals surface area contributed by atoms with Gasteiger partial charge in [0.05, 0.1) is 6.61 Å². The summed E-state index contributed by atoms with van der Waals surface area (Å²) in [6, 6.07) is 10.2. The lowest BCUT2D eigenvalue weighted by molar-refractivity contribution is -0.134. The van der Waals surface area contributed by atoms with E-state index in [4.69, 9.17) is 4.74 Å². The molecule has 1 saturated heterocycles. The van der Waals surface area contributed by atoms with Gasteiger partial charge in [0.2, 0.25) is 5.91 Å². The van der Waals surface area contributed by atoms with Gasteiger partial charge < -0.3 is 9.64 Å². The molecular formula is C19H23N3O4. The minimum Gasteiger partial charge on any atom is -0.493 e. The Hall–Kier alpha value is -2.83. The fraction of sp³-hybridized carbons (Fsp3) is 0.421. The van der Waals surface area contributed by atoms with E-state index >= 15 is 0 Å². The lowest BCUT2D eigenvalue weighted by Crippen LogP contribution is -2.44. The number of likely N-dealkylation sites (tertiary alicyclic amines) is 1. The van der Waals surface area contributed by atoms with Crippen molar-refractivity contribution >= 4 is 5.91 Å². The highest BCUT2D eigenvalue weighted by atomic mass is 16.5. The van der Waals surface area contributed by atoms with Crippen LogP contribution in [0.3, 0.4) is 0 Å². The van der Waals surface area contributed by atoms with E-state index in [2.05, 4.69) is 5.10 Å². The number of rotatable bonds is 5. The third-order valence-electron chi connectivity index (χ3n) is 4.56. The average molecular weight is 357 g/mol. The first-order valence-corrected chi connectivity index (χ1v) is 8.79. The van der Waals surface area contributed by atoms with Gasteiger partial charge in [-0.25, -0.2) is 4.68 Å². The first-order chi connectivity index (χ1) is 12.5. The molecule has 7 nitrogen and oxygen atoms in total. The Labute approximate surface area is 151 Å². The normalized spacial score (nSPS) is 17.1. The molecule has 26 heavy (non-hydrogen) atoms. The molecule has 1 N–H and O–H groups in total. The van der Waals surface area contributed by atoms with E-state index in [-0.39, 0.29) is 18.4 Å².